The standard InChI is InChI=1S/C32H30N6/c1-3-27(33-13-1)31-35-25-11-9-22(17-29(25)37-31)20-7-5-19-6-8-21(16-24(19)15-20)23-10-12-26-30(18-23)38-32(36-26)28-4-2-14-34-28/h5-12,15-18,27-28,33-34H,1-4,13-14H2,(H,35,37)(H,36,38)/t27-,28-/m0/s1. The molecular weight excluding hydrogens is 468 g/mol. The van der Waals surface area contributed by atoms with Crippen LogP contribution < -0.4 is 10.6 Å². The minimum Gasteiger partial charge on any atom is -0.341 e. The molecule has 6 aromatic rings. The van der Waals surface area contributed by atoms with Gasteiger partial charge in [-0.1, -0.05) is 36.4 Å². The Balaban J connectivity index is 1.13. The fraction of sp³-hybridized carbons (Fsp3) is 0.250. The van der Waals surface area contributed by atoms with Crippen molar-refractivity contribution in [1.82, 2.24) is 30.6 Å². The molecule has 188 valence electrons. The lowest BCUT2D eigenvalue weighted by molar-refractivity contribution is 0.614. The minimum absolute atomic E-state index is 0.344. The first-order chi connectivity index (χ1) is 18.8. The average molecular weight is 499 g/mol. The van der Waals surface area contributed by atoms with Crippen LogP contribution in [0.4, 0.5) is 0 Å². The van der Waals surface area contributed by atoms with Crippen molar-refractivity contribution >= 4 is 32.8 Å². The number of fused-ring (bicyclic) bond motifs is 3. The van der Waals surface area contributed by atoms with Crippen molar-refractivity contribution in [3.8, 4) is 22.3 Å². The van der Waals surface area contributed by atoms with Crippen LogP contribution in [-0.4, -0.2) is 33.0 Å². The normalized spacial score (nSPS) is 19.8. The number of aromatic nitrogens is 4. The van der Waals surface area contributed by atoms with Gasteiger partial charge in [-0.25, -0.2) is 9.97 Å². The Morgan fingerprint density at radius 2 is 1.00 bits per heavy atom. The van der Waals surface area contributed by atoms with Crippen LogP contribution in [0.15, 0.2) is 72.8 Å². The minimum atomic E-state index is 0.344. The third kappa shape index (κ3) is 3.80. The Morgan fingerprint density at radius 3 is 1.47 bits per heavy atom. The fourth-order valence-electron chi connectivity index (χ4n) is 6.19. The highest BCUT2D eigenvalue weighted by molar-refractivity contribution is 5.93. The van der Waals surface area contributed by atoms with Gasteiger partial charge >= 0.3 is 0 Å². The summed E-state index contributed by atoms with van der Waals surface area (Å²) in [5.41, 5.74) is 9.08. The molecule has 2 saturated heterocycles. The Hall–Kier alpha value is -4.00. The molecule has 2 aliphatic heterocycles. The van der Waals surface area contributed by atoms with Crippen molar-refractivity contribution < 1.29 is 0 Å². The van der Waals surface area contributed by atoms with Crippen LogP contribution in [0.1, 0.15) is 49.4 Å². The van der Waals surface area contributed by atoms with Crippen LogP contribution in [0.2, 0.25) is 0 Å². The summed E-state index contributed by atoms with van der Waals surface area (Å²) in [7, 11) is 0. The fourth-order valence-corrected chi connectivity index (χ4v) is 6.19. The lowest BCUT2D eigenvalue weighted by Gasteiger charge is -2.08. The SMILES string of the molecule is c1cc2ccc(-c3ccc4nc([C@@H]5CCCN5)[nH]c4c3)cc2cc1-c1ccc2nc([C@@H]3CCCN3)[nH]c2c1. The summed E-state index contributed by atoms with van der Waals surface area (Å²) >= 11 is 0. The average Bonchev–Trinajstić information content (AvgIpc) is 3.77. The van der Waals surface area contributed by atoms with Crippen molar-refractivity contribution in [1.29, 1.82) is 0 Å². The molecule has 2 aromatic heterocycles. The first-order valence-electron chi connectivity index (χ1n) is 13.8. The summed E-state index contributed by atoms with van der Waals surface area (Å²) in [6.45, 7) is 2.14. The maximum Gasteiger partial charge on any atom is 0.124 e. The van der Waals surface area contributed by atoms with E-state index >= 15 is 0 Å². The first kappa shape index (κ1) is 22.0. The van der Waals surface area contributed by atoms with Crippen LogP contribution in [0, 0.1) is 0 Å². The van der Waals surface area contributed by atoms with Gasteiger partial charge in [0.15, 0.2) is 0 Å². The molecular formula is C32H30N6. The third-order valence-electron chi connectivity index (χ3n) is 8.29. The third-order valence-corrected chi connectivity index (χ3v) is 8.29. The molecule has 0 radical (unpaired) electrons. The largest absolute Gasteiger partial charge is 0.341 e. The highest BCUT2D eigenvalue weighted by Crippen LogP contribution is 2.32. The van der Waals surface area contributed by atoms with Gasteiger partial charge in [-0.15, -0.1) is 0 Å². The number of hydrogen-bond donors (Lipinski definition) is 4. The Labute approximate surface area is 220 Å². The Kier molecular flexibility index (Phi) is 5.10. The summed E-state index contributed by atoms with van der Waals surface area (Å²) < 4.78 is 0. The molecule has 2 atom stereocenters. The van der Waals surface area contributed by atoms with E-state index in [1.807, 2.05) is 0 Å². The van der Waals surface area contributed by atoms with E-state index in [2.05, 4.69) is 93.4 Å². The summed E-state index contributed by atoms with van der Waals surface area (Å²) in [5.74, 6) is 2.11. The lowest BCUT2D eigenvalue weighted by Crippen LogP contribution is -2.13. The van der Waals surface area contributed by atoms with E-state index in [1.54, 1.807) is 0 Å². The highest BCUT2D eigenvalue weighted by atomic mass is 15.0. The molecule has 6 nitrogen and oxygen atoms in total. The molecule has 0 spiro atoms. The molecule has 4 heterocycles. The molecule has 4 aromatic carbocycles. The van der Waals surface area contributed by atoms with Crippen molar-refractivity contribution in [2.75, 3.05) is 13.1 Å². The van der Waals surface area contributed by atoms with E-state index in [0.717, 1.165) is 59.6 Å². The van der Waals surface area contributed by atoms with Gasteiger partial charge in [0.1, 0.15) is 11.6 Å². The number of imidazole rings is 2. The summed E-state index contributed by atoms with van der Waals surface area (Å²) in [5, 5.41) is 9.56. The maximum atomic E-state index is 4.84. The maximum absolute atomic E-state index is 4.84. The van der Waals surface area contributed by atoms with E-state index in [1.165, 1.54) is 45.9 Å². The van der Waals surface area contributed by atoms with E-state index < -0.39 is 0 Å². The van der Waals surface area contributed by atoms with Crippen LogP contribution in [0.5, 0.6) is 0 Å². The quantitative estimate of drug-likeness (QED) is 0.216. The lowest BCUT2D eigenvalue weighted by atomic mass is 9.97. The summed E-state index contributed by atoms with van der Waals surface area (Å²) in [4.78, 5) is 16.8. The zero-order valence-electron chi connectivity index (χ0n) is 21.2. The number of aromatic amines is 2. The van der Waals surface area contributed by atoms with E-state index in [9.17, 15) is 0 Å². The molecule has 6 heteroatoms. The van der Waals surface area contributed by atoms with E-state index in [-0.39, 0.29) is 0 Å². The predicted octanol–water partition coefficient (Wildman–Crippen LogP) is 6.78. The molecule has 0 aliphatic carbocycles. The van der Waals surface area contributed by atoms with E-state index in [4.69, 9.17) is 9.97 Å². The number of nitrogens with zero attached hydrogens (tertiary/aromatic N) is 2. The number of rotatable bonds is 4. The first-order valence-corrected chi connectivity index (χ1v) is 13.8. The van der Waals surface area contributed by atoms with Crippen molar-refractivity contribution in [2.45, 2.75) is 37.8 Å². The second-order valence-electron chi connectivity index (χ2n) is 10.8. The molecule has 2 aliphatic rings. The molecule has 2 fully saturated rings. The van der Waals surface area contributed by atoms with Crippen LogP contribution in [-0.2, 0) is 0 Å². The highest BCUT2D eigenvalue weighted by Gasteiger charge is 2.20. The monoisotopic (exact) mass is 498 g/mol. The van der Waals surface area contributed by atoms with Crippen LogP contribution in [0.25, 0.3) is 55.1 Å². The van der Waals surface area contributed by atoms with Gasteiger partial charge in [0, 0.05) is 0 Å². The second-order valence-corrected chi connectivity index (χ2v) is 10.8. The number of H-pyrrole nitrogens is 2. The molecule has 38 heavy (non-hydrogen) atoms. The predicted molar refractivity (Wildman–Crippen MR) is 154 cm³/mol. The molecule has 4 N–H and O–H groups in total. The van der Waals surface area contributed by atoms with Gasteiger partial charge in [-0.3, -0.25) is 0 Å². The van der Waals surface area contributed by atoms with Gasteiger partial charge in [0.2, 0.25) is 0 Å². The number of nitrogens with one attached hydrogen (secondary N) is 4. The topological polar surface area (TPSA) is 81.4 Å². The summed E-state index contributed by atoms with van der Waals surface area (Å²) in [6.07, 6.45) is 4.71. The van der Waals surface area contributed by atoms with Crippen LogP contribution >= 0.6 is 0 Å². The Bertz CT molecular complexity index is 1670. The van der Waals surface area contributed by atoms with Gasteiger partial charge in [0.05, 0.1) is 34.2 Å². The Morgan fingerprint density at radius 1 is 0.526 bits per heavy atom. The van der Waals surface area contributed by atoms with E-state index in [0.29, 0.717) is 12.1 Å². The van der Waals surface area contributed by atoms with Gasteiger partial charge in [-0.05, 0) is 108 Å². The van der Waals surface area contributed by atoms with Gasteiger partial charge < -0.3 is 20.6 Å². The van der Waals surface area contributed by atoms with Crippen LogP contribution in [0.3, 0.4) is 0 Å². The van der Waals surface area contributed by atoms with Crippen molar-refractivity contribution in [3.63, 3.8) is 0 Å². The molecule has 0 unspecified atom stereocenters. The van der Waals surface area contributed by atoms with Crippen molar-refractivity contribution in [2.24, 2.45) is 0 Å². The second kappa shape index (κ2) is 8.79. The van der Waals surface area contributed by atoms with Gasteiger partial charge in [-0.2, -0.15) is 0 Å². The van der Waals surface area contributed by atoms with Gasteiger partial charge in [0.25, 0.3) is 0 Å². The summed E-state index contributed by atoms with van der Waals surface area (Å²) in [6, 6.07) is 27.3. The zero-order chi connectivity index (χ0) is 25.1. The molecule has 8 rings (SSSR count). The number of benzene rings is 4. The van der Waals surface area contributed by atoms with Crippen molar-refractivity contribution in [3.05, 3.63) is 84.4 Å². The zero-order valence-corrected chi connectivity index (χ0v) is 21.2. The molecule has 0 bridgehead atoms. The molecule has 0 saturated carbocycles. The number of hydrogen-bond acceptors (Lipinski definition) is 4. The molecule has 0 amide bonds. The smallest absolute Gasteiger partial charge is 0.124 e.